The summed E-state index contributed by atoms with van der Waals surface area (Å²) in [4.78, 5) is 1.20. The molecule has 2 heterocycles. The van der Waals surface area contributed by atoms with E-state index in [1.165, 1.54) is 16.0 Å². The first-order valence-corrected chi connectivity index (χ1v) is 10.0. The molecule has 1 saturated heterocycles. The molecule has 2 unspecified atom stereocenters. The molecule has 0 radical (unpaired) electrons. The molecule has 2 aliphatic rings. The zero-order valence-corrected chi connectivity index (χ0v) is 16.6. The maximum atomic E-state index is 6.31. The van der Waals surface area contributed by atoms with Crippen LogP contribution < -0.4 is 9.47 Å². The maximum Gasteiger partial charge on any atom is 0.126 e. The van der Waals surface area contributed by atoms with E-state index in [1.807, 2.05) is 30.3 Å². The van der Waals surface area contributed by atoms with E-state index in [-0.39, 0.29) is 12.2 Å². The van der Waals surface area contributed by atoms with Gasteiger partial charge in [0.05, 0.1) is 14.2 Å². The van der Waals surface area contributed by atoms with Crippen molar-refractivity contribution < 1.29 is 14.2 Å². The summed E-state index contributed by atoms with van der Waals surface area (Å²) in [6, 6.07) is 18.6. The standard InChI is InChI=1S/C24H20O3S/c1-14-20(13-28-15-7-5-4-6-8-15)24-19-12-17-16(11-18(19)23(14)27-24)21(25-2)9-10-22(17)26-3/h4-13,23-24H,1H2,2-3H3/b20-13-. The van der Waals surface area contributed by atoms with E-state index in [0.29, 0.717) is 0 Å². The van der Waals surface area contributed by atoms with Gasteiger partial charge in [0.25, 0.3) is 0 Å². The minimum Gasteiger partial charge on any atom is -0.496 e. The summed E-state index contributed by atoms with van der Waals surface area (Å²) >= 11 is 1.71. The van der Waals surface area contributed by atoms with Crippen LogP contribution in [0, 0.1) is 0 Å². The van der Waals surface area contributed by atoms with Gasteiger partial charge in [0, 0.05) is 15.7 Å². The van der Waals surface area contributed by atoms with Crippen molar-refractivity contribution in [1.29, 1.82) is 0 Å². The minimum absolute atomic E-state index is 0.0796. The molecule has 0 aromatic heterocycles. The molecule has 2 atom stereocenters. The normalized spacial score (nSPS) is 21.4. The van der Waals surface area contributed by atoms with Crippen LogP contribution in [-0.2, 0) is 4.74 Å². The van der Waals surface area contributed by atoms with E-state index in [9.17, 15) is 0 Å². The van der Waals surface area contributed by atoms with E-state index >= 15 is 0 Å². The van der Waals surface area contributed by atoms with Crippen molar-refractivity contribution in [3.8, 4) is 11.5 Å². The smallest absolute Gasteiger partial charge is 0.126 e. The lowest BCUT2D eigenvalue weighted by atomic mass is 9.84. The lowest BCUT2D eigenvalue weighted by molar-refractivity contribution is 0.0904. The Morgan fingerprint density at radius 2 is 1.50 bits per heavy atom. The van der Waals surface area contributed by atoms with E-state index in [0.717, 1.165) is 33.4 Å². The van der Waals surface area contributed by atoms with Crippen molar-refractivity contribution in [2.75, 3.05) is 14.2 Å². The van der Waals surface area contributed by atoms with Crippen molar-refractivity contribution in [1.82, 2.24) is 0 Å². The van der Waals surface area contributed by atoms with E-state index in [2.05, 4.69) is 36.3 Å². The van der Waals surface area contributed by atoms with Gasteiger partial charge in [-0.25, -0.2) is 0 Å². The third-order valence-corrected chi connectivity index (χ3v) is 6.37. The second-order valence-electron chi connectivity index (χ2n) is 6.92. The lowest BCUT2D eigenvalue weighted by Crippen LogP contribution is -2.04. The van der Waals surface area contributed by atoms with E-state index in [4.69, 9.17) is 14.2 Å². The van der Waals surface area contributed by atoms with E-state index in [1.54, 1.807) is 26.0 Å². The fraction of sp³-hybridized carbons (Fsp3) is 0.167. The van der Waals surface area contributed by atoms with Gasteiger partial charge in [-0.05, 0) is 64.1 Å². The number of methoxy groups -OCH3 is 2. The van der Waals surface area contributed by atoms with Gasteiger partial charge in [0.15, 0.2) is 0 Å². The zero-order chi connectivity index (χ0) is 19.3. The molecule has 0 N–H and O–H groups in total. The molecule has 0 amide bonds. The second kappa shape index (κ2) is 6.73. The van der Waals surface area contributed by atoms with Crippen LogP contribution in [0.25, 0.3) is 10.8 Å². The van der Waals surface area contributed by atoms with Gasteiger partial charge in [-0.1, -0.05) is 36.5 Å². The molecule has 2 aliphatic heterocycles. The summed E-state index contributed by atoms with van der Waals surface area (Å²) in [7, 11) is 3.39. The van der Waals surface area contributed by atoms with Gasteiger partial charge in [0.1, 0.15) is 23.7 Å². The van der Waals surface area contributed by atoms with Crippen molar-refractivity contribution in [3.63, 3.8) is 0 Å². The molecular formula is C24H20O3S. The average Bonchev–Trinajstić information content (AvgIpc) is 3.26. The number of ether oxygens (including phenoxy) is 3. The Labute approximate surface area is 168 Å². The van der Waals surface area contributed by atoms with Crippen molar-refractivity contribution in [2.45, 2.75) is 17.1 Å². The summed E-state index contributed by atoms with van der Waals surface area (Å²) in [5.74, 6) is 1.67. The molecule has 4 heteroatoms. The number of fused-ring (bicyclic) bond motifs is 6. The largest absolute Gasteiger partial charge is 0.496 e. The van der Waals surface area contributed by atoms with Gasteiger partial charge >= 0.3 is 0 Å². The first kappa shape index (κ1) is 17.4. The lowest BCUT2D eigenvalue weighted by Gasteiger charge is -2.19. The highest BCUT2D eigenvalue weighted by Crippen LogP contribution is 2.58. The Balaban J connectivity index is 1.60. The highest BCUT2D eigenvalue weighted by Gasteiger charge is 2.44. The monoisotopic (exact) mass is 388 g/mol. The van der Waals surface area contributed by atoms with Crippen LogP contribution in [0.3, 0.4) is 0 Å². The summed E-state index contributed by atoms with van der Waals surface area (Å²) < 4.78 is 17.5. The van der Waals surface area contributed by atoms with Crippen LogP contribution in [0.15, 0.2) is 82.6 Å². The summed E-state index contributed by atoms with van der Waals surface area (Å²) in [5, 5.41) is 4.25. The molecule has 3 aromatic carbocycles. The highest BCUT2D eigenvalue weighted by molar-refractivity contribution is 8.02. The molecule has 3 nitrogen and oxygen atoms in total. The molecule has 5 rings (SSSR count). The van der Waals surface area contributed by atoms with Crippen molar-refractivity contribution >= 4 is 22.5 Å². The Morgan fingerprint density at radius 1 is 0.893 bits per heavy atom. The SMILES string of the molecule is C=C1/C(=C/Sc2ccccc2)C2OC1c1cc3c(OC)ccc(OC)c3cc12. The molecule has 0 aliphatic carbocycles. The van der Waals surface area contributed by atoms with Crippen LogP contribution in [0.2, 0.25) is 0 Å². The first-order chi connectivity index (χ1) is 13.7. The summed E-state index contributed by atoms with van der Waals surface area (Å²) in [6.07, 6.45) is -0.174. The maximum absolute atomic E-state index is 6.31. The Hall–Kier alpha value is -2.69. The van der Waals surface area contributed by atoms with Gasteiger partial charge in [-0.2, -0.15) is 0 Å². The van der Waals surface area contributed by atoms with Crippen LogP contribution >= 0.6 is 11.8 Å². The van der Waals surface area contributed by atoms with Crippen molar-refractivity contribution in [2.24, 2.45) is 0 Å². The Morgan fingerprint density at radius 3 is 2.11 bits per heavy atom. The first-order valence-electron chi connectivity index (χ1n) is 9.16. The molecular weight excluding hydrogens is 368 g/mol. The number of thioether (sulfide) groups is 1. The summed E-state index contributed by atoms with van der Waals surface area (Å²) in [6.45, 7) is 4.32. The molecule has 28 heavy (non-hydrogen) atoms. The minimum atomic E-state index is -0.0945. The van der Waals surface area contributed by atoms with Gasteiger partial charge in [-0.15, -0.1) is 0 Å². The molecule has 0 spiro atoms. The van der Waals surface area contributed by atoms with E-state index < -0.39 is 0 Å². The molecule has 0 saturated carbocycles. The topological polar surface area (TPSA) is 27.7 Å². The average molecular weight is 388 g/mol. The second-order valence-corrected chi connectivity index (χ2v) is 7.87. The quantitative estimate of drug-likeness (QED) is 0.496. The van der Waals surface area contributed by atoms with Crippen LogP contribution in [0.5, 0.6) is 11.5 Å². The molecule has 2 bridgehead atoms. The number of benzene rings is 3. The van der Waals surface area contributed by atoms with Gasteiger partial charge in [0.2, 0.25) is 0 Å². The molecule has 140 valence electrons. The Kier molecular flexibility index (Phi) is 4.18. The number of hydrogen-bond donors (Lipinski definition) is 0. The number of hydrogen-bond acceptors (Lipinski definition) is 4. The zero-order valence-electron chi connectivity index (χ0n) is 15.8. The molecule has 1 fully saturated rings. The third-order valence-electron chi connectivity index (χ3n) is 5.45. The fourth-order valence-electron chi connectivity index (χ4n) is 4.06. The fourth-order valence-corrected chi connectivity index (χ4v) is 4.92. The van der Waals surface area contributed by atoms with Gasteiger partial charge in [-0.3, -0.25) is 0 Å². The summed E-state index contributed by atoms with van der Waals surface area (Å²) in [5.41, 5.74) is 4.57. The van der Waals surface area contributed by atoms with Gasteiger partial charge < -0.3 is 14.2 Å². The number of rotatable bonds is 4. The van der Waals surface area contributed by atoms with Crippen LogP contribution in [0.1, 0.15) is 23.3 Å². The highest BCUT2D eigenvalue weighted by atomic mass is 32.2. The predicted octanol–water partition coefficient (Wildman–Crippen LogP) is 6.22. The molecule has 3 aromatic rings. The third kappa shape index (κ3) is 2.56. The predicted molar refractivity (Wildman–Crippen MR) is 113 cm³/mol. The van der Waals surface area contributed by atoms with Crippen LogP contribution in [0.4, 0.5) is 0 Å². The van der Waals surface area contributed by atoms with Crippen molar-refractivity contribution in [3.05, 3.63) is 88.9 Å². The van der Waals surface area contributed by atoms with Crippen LogP contribution in [-0.4, -0.2) is 14.2 Å². The Bertz CT molecular complexity index is 1120.